The molecular formula is C12H22ClNO2. The van der Waals surface area contributed by atoms with E-state index in [0.717, 1.165) is 12.8 Å². The fourth-order valence-corrected chi connectivity index (χ4v) is 2.36. The van der Waals surface area contributed by atoms with Crippen LogP contribution < -0.4 is 0 Å². The molecule has 94 valence electrons. The highest BCUT2D eigenvalue weighted by molar-refractivity contribution is 6.17. The first-order valence-corrected chi connectivity index (χ1v) is 6.49. The van der Waals surface area contributed by atoms with Crippen molar-refractivity contribution in [3.63, 3.8) is 0 Å². The van der Waals surface area contributed by atoms with Crippen molar-refractivity contribution in [2.45, 2.75) is 51.7 Å². The van der Waals surface area contributed by atoms with Gasteiger partial charge in [-0.2, -0.15) is 0 Å². The fourth-order valence-electron chi connectivity index (χ4n) is 2.17. The van der Waals surface area contributed by atoms with Crippen LogP contribution in [0.4, 0.5) is 0 Å². The number of ether oxygens (including phenoxy) is 1. The van der Waals surface area contributed by atoms with Gasteiger partial charge in [-0.1, -0.05) is 0 Å². The van der Waals surface area contributed by atoms with Gasteiger partial charge < -0.3 is 9.64 Å². The maximum Gasteiger partial charge on any atom is 0.222 e. The van der Waals surface area contributed by atoms with Gasteiger partial charge in [-0.25, -0.2) is 0 Å². The molecule has 4 heteroatoms. The maximum atomic E-state index is 11.9. The van der Waals surface area contributed by atoms with Crippen molar-refractivity contribution in [1.29, 1.82) is 0 Å². The quantitative estimate of drug-likeness (QED) is 0.564. The Hall–Kier alpha value is -0.280. The molecule has 1 aliphatic rings. The van der Waals surface area contributed by atoms with Crippen molar-refractivity contribution in [2.75, 3.05) is 19.0 Å². The molecule has 1 fully saturated rings. The van der Waals surface area contributed by atoms with Crippen molar-refractivity contribution < 1.29 is 9.53 Å². The van der Waals surface area contributed by atoms with Crippen LogP contribution in [0.2, 0.25) is 0 Å². The van der Waals surface area contributed by atoms with Crippen LogP contribution in [0.15, 0.2) is 0 Å². The third kappa shape index (κ3) is 4.30. The SMILES string of the molecule is CC1CN(C(=O)CCCCCl)CC(C)(C)O1. The highest BCUT2D eigenvalue weighted by atomic mass is 35.5. The number of nitrogens with zero attached hydrogens (tertiary/aromatic N) is 1. The van der Waals surface area contributed by atoms with E-state index >= 15 is 0 Å². The lowest BCUT2D eigenvalue weighted by atomic mass is 10.0. The summed E-state index contributed by atoms with van der Waals surface area (Å²) in [6.07, 6.45) is 2.53. The van der Waals surface area contributed by atoms with E-state index in [1.165, 1.54) is 0 Å². The summed E-state index contributed by atoms with van der Waals surface area (Å²) < 4.78 is 5.76. The molecule has 1 heterocycles. The number of unbranched alkanes of at least 4 members (excludes halogenated alkanes) is 1. The van der Waals surface area contributed by atoms with E-state index in [9.17, 15) is 4.79 Å². The van der Waals surface area contributed by atoms with Crippen LogP contribution >= 0.6 is 11.6 Å². The molecule has 1 atom stereocenters. The fraction of sp³-hybridized carbons (Fsp3) is 0.917. The molecule has 1 aliphatic heterocycles. The molecule has 1 rings (SSSR count). The molecule has 0 N–H and O–H groups in total. The van der Waals surface area contributed by atoms with E-state index in [2.05, 4.69) is 0 Å². The average molecular weight is 248 g/mol. The highest BCUT2D eigenvalue weighted by Crippen LogP contribution is 2.21. The standard InChI is InChI=1S/C12H22ClNO2/c1-10-8-14(9-12(2,3)16-10)11(15)6-4-5-7-13/h10H,4-9H2,1-3H3. The summed E-state index contributed by atoms with van der Waals surface area (Å²) in [6, 6.07) is 0. The van der Waals surface area contributed by atoms with Gasteiger partial charge in [-0.3, -0.25) is 4.79 Å². The molecule has 1 saturated heterocycles. The molecule has 0 bridgehead atoms. The Balaban J connectivity index is 2.43. The summed E-state index contributed by atoms with van der Waals surface area (Å²) in [5, 5.41) is 0. The van der Waals surface area contributed by atoms with Gasteiger partial charge in [0.2, 0.25) is 5.91 Å². The Morgan fingerprint density at radius 3 is 2.75 bits per heavy atom. The second-order valence-electron chi connectivity index (χ2n) is 5.11. The number of rotatable bonds is 4. The number of hydrogen-bond acceptors (Lipinski definition) is 2. The smallest absolute Gasteiger partial charge is 0.222 e. The van der Waals surface area contributed by atoms with Crippen LogP contribution in [0.3, 0.4) is 0 Å². The zero-order valence-corrected chi connectivity index (χ0v) is 11.2. The number of hydrogen-bond donors (Lipinski definition) is 0. The lowest BCUT2D eigenvalue weighted by Crippen LogP contribution is -2.53. The van der Waals surface area contributed by atoms with Crippen LogP contribution in [0.25, 0.3) is 0 Å². The van der Waals surface area contributed by atoms with E-state index < -0.39 is 0 Å². The number of alkyl halides is 1. The van der Waals surface area contributed by atoms with E-state index in [1.807, 2.05) is 25.7 Å². The molecule has 1 unspecified atom stereocenters. The van der Waals surface area contributed by atoms with Gasteiger partial charge in [0.25, 0.3) is 0 Å². The molecule has 0 saturated carbocycles. The lowest BCUT2D eigenvalue weighted by Gasteiger charge is -2.41. The van der Waals surface area contributed by atoms with E-state index in [4.69, 9.17) is 16.3 Å². The Kier molecular flexibility index (Phi) is 5.06. The Bertz CT molecular complexity index is 243. The molecule has 3 nitrogen and oxygen atoms in total. The van der Waals surface area contributed by atoms with Crippen molar-refractivity contribution in [2.24, 2.45) is 0 Å². The molecule has 0 aliphatic carbocycles. The lowest BCUT2D eigenvalue weighted by molar-refractivity contribution is -0.158. The molecular weight excluding hydrogens is 226 g/mol. The summed E-state index contributed by atoms with van der Waals surface area (Å²) in [4.78, 5) is 13.9. The molecule has 0 aromatic carbocycles. The van der Waals surface area contributed by atoms with E-state index in [0.29, 0.717) is 25.4 Å². The van der Waals surface area contributed by atoms with Crippen molar-refractivity contribution in [1.82, 2.24) is 4.90 Å². The van der Waals surface area contributed by atoms with Gasteiger partial charge in [-0.15, -0.1) is 11.6 Å². The maximum absolute atomic E-state index is 11.9. The number of carbonyl (C=O) groups excluding carboxylic acids is 1. The van der Waals surface area contributed by atoms with Gasteiger partial charge in [-0.05, 0) is 33.6 Å². The number of amides is 1. The minimum atomic E-state index is -0.222. The predicted octanol–water partition coefficient (Wildman–Crippen LogP) is 2.42. The third-order valence-electron chi connectivity index (χ3n) is 2.70. The minimum absolute atomic E-state index is 0.126. The van der Waals surface area contributed by atoms with Crippen molar-refractivity contribution in [3.8, 4) is 0 Å². The van der Waals surface area contributed by atoms with E-state index in [1.54, 1.807) is 0 Å². The summed E-state index contributed by atoms with van der Waals surface area (Å²) in [5.41, 5.74) is -0.222. The van der Waals surface area contributed by atoms with Crippen LogP contribution in [0.5, 0.6) is 0 Å². The van der Waals surface area contributed by atoms with Gasteiger partial charge in [0.1, 0.15) is 0 Å². The normalized spacial score (nSPS) is 24.5. The molecule has 0 aromatic heterocycles. The monoisotopic (exact) mass is 247 g/mol. The van der Waals surface area contributed by atoms with Gasteiger partial charge in [0, 0.05) is 25.4 Å². The van der Waals surface area contributed by atoms with Crippen molar-refractivity contribution >= 4 is 17.5 Å². The summed E-state index contributed by atoms with van der Waals surface area (Å²) in [7, 11) is 0. The first-order chi connectivity index (χ1) is 7.44. The molecule has 1 amide bonds. The van der Waals surface area contributed by atoms with Crippen LogP contribution in [0, 0.1) is 0 Å². The second-order valence-corrected chi connectivity index (χ2v) is 5.49. The van der Waals surface area contributed by atoms with E-state index in [-0.39, 0.29) is 17.6 Å². The molecule has 0 aromatic rings. The zero-order valence-electron chi connectivity index (χ0n) is 10.5. The van der Waals surface area contributed by atoms with Gasteiger partial charge >= 0.3 is 0 Å². The summed E-state index contributed by atoms with van der Waals surface area (Å²) in [6.45, 7) is 7.48. The minimum Gasteiger partial charge on any atom is -0.369 e. The topological polar surface area (TPSA) is 29.5 Å². The third-order valence-corrected chi connectivity index (χ3v) is 2.96. The summed E-state index contributed by atoms with van der Waals surface area (Å²) >= 11 is 5.59. The Labute approximate surface area is 103 Å². The highest BCUT2D eigenvalue weighted by Gasteiger charge is 2.33. The molecule has 16 heavy (non-hydrogen) atoms. The largest absolute Gasteiger partial charge is 0.369 e. The Morgan fingerprint density at radius 1 is 1.50 bits per heavy atom. The Morgan fingerprint density at radius 2 is 2.19 bits per heavy atom. The van der Waals surface area contributed by atoms with Crippen LogP contribution in [-0.2, 0) is 9.53 Å². The average Bonchev–Trinajstić information content (AvgIpc) is 2.14. The number of carbonyl (C=O) groups is 1. The number of morpholine rings is 1. The first-order valence-electron chi connectivity index (χ1n) is 5.96. The van der Waals surface area contributed by atoms with Gasteiger partial charge in [0.05, 0.1) is 11.7 Å². The first kappa shape index (κ1) is 13.8. The number of halogens is 1. The summed E-state index contributed by atoms with van der Waals surface area (Å²) in [5.74, 6) is 0.867. The zero-order chi connectivity index (χ0) is 12.2. The van der Waals surface area contributed by atoms with Crippen LogP contribution in [0.1, 0.15) is 40.0 Å². The molecule has 0 radical (unpaired) electrons. The second kappa shape index (κ2) is 5.87. The van der Waals surface area contributed by atoms with Crippen LogP contribution in [-0.4, -0.2) is 41.5 Å². The van der Waals surface area contributed by atoms with Crippen molar-refractivity contribution in [3.05, 3.63) is 0 Å². The predicted molar refractivity (Wildman–Crippen MR) is 65.8 cm³/mol. The molecule has 0 spiro atoms. The van der Waals surface area contributed by atoms with Gasteiger partial charge in [0.15, 0.2) is 0 Å².